The molecule has 4 atom stereocenters. The van der Waals surface area contributed by atoms with Gasteiger partial charge in [-0.2, -0.15) is 0 Å². The number of fused-ring (bicyclic) bond motifs is 1. The van der Waals surface area contributed by atoms with Crippen LogP contribution in [0, 0.1) is 17.8 Å². The molecule has 2 aromatic carbocycles. The molecule has 2 aromatic rings. The summed E-state index contributed by atoms with van der Waals surface area (Å²) < 4.78 is 5.82. The molecular weight excluding hydrogens is 386 g/mol. The largest absolute Gasteiger partial charge is 0.458 e. The Morgan fingerprint density at radius 1 is 0.935 bits per heavy atom. The molecular formula is C27H33NO3. The average molecular weight is 420 g/mol. The van der Waals surface area contributed by atoms with Crippen LogP contribution in [-0.2, 0) is 20.7 Å². The summed E-state index contributed by atoms with van der Waals surface area (Å²) >= 11 is 0. The summed E-state index contributed by atoms with van der Waals surface area (Å²) in [5.41, 5.74) is 2.02. The van der Waals surface area contributed by atoms with Crippen molar-refractivity contribution in [3.8, 4) is 0 Å². The molecule has 0 bridgehead atoms. The maximum absolute atomic E-state index is 13.2. The van der Waals surface area contributed by atoms with Gasteiger partial charge in [0.25, 0.3) is 0 Å². The number of likely N-dealkylation sites (tertiary alicyclic amines) is 1. The van der Waals surface area contributed by atoms with Crippen molar-refractivity contribution in [2.75, 3.05) is 13.1 Å². The van der Waals surface area contributed by atoms with Crippen LogP contribution in [0.5, 0.6) is 0 Å². The van der Waals surface area contributed by atoms with Gasteiger partial charge in [0.15, 0.2) is 0 Å². The quantitative estimate of drug-likeness (QED) is 0.580. The Morgan fingerprint density at radius 3 is 2.13 bits per heavy atom. The molecule has 1 aliphatic carbocycles. The van der Waals surface area contributed by atoms with Gasteiger partial charge in [-0.05, 0) is 49.1 Å². The lowest BCUT2D eigenvalue weighted by molar-refractivity contribution is -0.156. The van der Waals surface area contributed by atoms with Gasteiger partial charge in [-0.3, -0.25) is 9.59 Å². The minimum atomic E-state index is -0.469. The Balaban J connectivity index is 1.43. The van der Waals surface area contributed by atoms with Crippen LogP contribution in [0.4, 0.5) is 0 Å². The van der Waals surface area contributed by atoms with Gasteiger partial charge in [-0.15, -0.1) is 0 Å². The standard InChI is InChI=1S/C27H33NO3/c1-20(22-12-6-3-7-13-22)31-27(30)25(16-21-10-4-2-5-11-21)17-26(29)28-18-23-14-8-9-15-24(23)19-28/h2-7,10-13,20,23-25H,8-9,14-19H2,1H3/t20-,23-,24+,25?/m0/s1. The van der Waals surface area contributed by atoms with Crippen molar-refractivity contribution < 1.29 is 14.3 Å². The summed E-state index contributed by atoms with van der Waals surface area (Å²) in [5.74, 6) is 0.638. The zero-order valence-corrected chi connectivity index (χ0v) is 18.4. The van der Waals surface area contributed by atoms with Crippen molar-refractivity contribution in [1.82, 2.24) is 4.90 Å². The number of nitrogens with zero attached hydrogens (tertiary/aromatic N) is 1. The van der Waals surface area contributed by atoms with Crippen LogP contribution in [0.3, 0.4) is 0 Å². The topological polar surface area (TPSA) is 46.6 Å². The van der Waals surface area contributed by atoms with E-state index in [9.17, 15) is 9.59 Å². The lowest BCUT2D eigenvalue weighted by atomic mass is 9.82. The van der Waals surface area contributed by atoms with Gasteiger partial charge >= 0.3 is 5.97 Å². The summed E-state index contributed by atoms with van der Waals surface area (Å²) in [4.78, 5) is 28.3. The number of ether oxygens (including phenoxy) is 1. The molecule has 0 radical (unpaired) electrons. The lowest BCUT2D eigenvalue weighted by Crippen LogP contribution is -2.33. The Bertz CT molecular complexity index is 853. The number of hydrogen-bond donors (Lipinski definition) is 0. The molecule has 1 heterocycles. The Morgan fingerprint density at radius 2 is 1.52 bits per heavy atom. The fourth-order valence-electron chi connectivity index (χ4n) is 5.15. The highest BCUT2D eigenvalue weighted by atomic mass is 16.5. The summed E-state index contributed by atoms with van der Waals surface area (Å²) in [6.45, 7) is 3.60. The molecule has 164 valence electrons. The molecule has 4 heteroatoms. The monoisotopic (exact) mass is 419 g/mol. The van der Waals surface area contributed by atoms with Crippen molar-refractivity contribution in [3.05, 3.63) is 71.8 Å². The molecule has 1 unspecified atom stereocenters. The lowest BCUT2D eigenvalue weighted by Gasteiger charge is -2.22. The van der Waals surface area contributed by atoms with Crippen molar-refractivity contribution >= 4 is 11.9 Å². The van der Waals surface area contributed by atoms with E-state index in [1.54, 1.807) is 0 Å². The van der Waals surface area contributed by atoms with Crippen LogP contribution in [0.2, 0.25) is 0 Å². The van der Waals surface area contributed by atoms with Crippen molar-refractivity contribution in [2.24, 2.45) is 17.8 Å². The summed E-state index contributed by atoms with van der Waals surface area (Å²) in [5, 5.41) is 0. The van der Waals surface area contributed by atoms with E-state index in [-0.39, 0.29) is 24.4 Å². The SMILES string of the molecule is C[C@H](OC(=O)C(CC(=O)N1C[C@H]2CCCC[C@H]2C1)Cc1ccccc1)c1ccccc1. The Hall–Kier alpha value is -2.62. The van der Waals surface area contributed by atoms with E-state index in [2.05, 4.69) is 0 Å². The van der Waals surface area contributed by atoms with Gasteiger partial charge in [0.05, 0.1) is 5.92 Å². The second-order valence-corrected chi connectivity index (χ2v) is 9.18. The molecule has 2 aliphatic rings. The molecule has 1 saturated heterocycles. The second-order valence-electron chi connectivity index (χ2n) is 9.18. The molecule has 31 heavy (non-hydrogen) atoms. The minimum absolute atomic E-state index is 0.0969. The van der Waals surface area contributed by atoms with Gasteiger partial charge in [-0.1, -0.05) is 73.5 Å². The predicted octanol–water partition coefficient (Wildman–Crippen LogP) is 5.19. The third-order valence-corrected chi connectivity index (χ3v) is 6.97. The molecule has 1 aliphatic heterocycles. The zero-order valence-electron chi connectivity index (χ0n) is 18.4. The highest BCUT2D eigenvalue weighted by molar-refractivity contribution is 5.83. The highest BCUT2D eigenvalue weighted by Crippen LogP contribution is 2.36. The highest BCUT2D eigenvalue weighted by Gasteiger charge is 2.37. The van der Waals surface area contributed by atoms with E-state index in [1.165, 1.54) is 25.7 Å². The molecule has 0 spiro atoms. The maximum atomic E-state index is 13.2. The molecule has 0 aromatic heterocycles. The molecule has 0 N–H and O–H groups in total. The zero-order chi connectivity index (χ0) is 21.6. The molecule has 1 saturated carbocycles. The van der Waals surface area contributed by atoms with Crippen LogP contribution in [-0.4, -0.2) is 29.9 Å². The first kappa shape index (κ1) is 21.6. The van der Waals surface area contributed by atoms with Crippen LogP contribution in [0.25, 0.3) is 0 Å². The van der Waals surface area contributed by atoms with Crippen LogP contribution < -0.4 is 0 Å². The van der Waals surface area contributed by atoms with Gasteiger partial charge in [-0.25, -0.2) is 0 Å². The molecule has 2 fully saturated rings. The van der Waals surface area contributed by atoms with Gasteiger partial charge in [0, 0.05) is 19.5 Å². The third kappa shape index (κ3) is 5.55. The number of carbonyl (C=O) groups is 2. The summed E-state index contributed by atoms with van der Waals surface area (Å²) in [6, 6.07) is 19.7. The van der Waals surface area contributed by atoms with E-state index < -0.39 is 5.92 Å². The molecule has 4 rings (SSSR count). The van der Waals surface area contributed by atoms with Gasteiger partial charge < -0.3 is 9.64 Å². The molecule has 1 amide bonds. The van der Waals surface area contributed by atoms with E-state index in [0.29, 0.717) is 18.3 Å². The number of esters is 1. The average Bonchev–Trinajstić information content (AvgIpc) is 3.24. The second kappa shape index (κ2) is 10.1. The number of amides is 1. The fraction of sp³-hybridized carbons (Fsp3) is 0.481. The number of benzene rings is 2. The van der Waals surface area contributed by atoms with E-state index in [1.807, 2.05) is 72.5 Å². The van der Waals surface area contributed by atoms with Crippen molar-refractivity contribution in [3.63, 3.8) is 0 Å². The fourth-order valence-corrected chi connectivity index (χ4v) is 5.15. The smallest absolute Gasteiger partial charge is 0.310 e. The number of carbonyl (C=O) groups excluding carboxylic acids is 2. The van der Waals surface area contributed by atoms with Crippen LogP contribution >= 0.6 is 0 Å². The third-order valence-electron chi connectivity index (χ3n) is 6.97. The Labute approximate surface area is 185 Å². The number of hydrogen-bond acceptors (Lipinski definition) is 3. The normalized spacial score (nSPS) is 22.4. The maximum Gasteiger partial charge on any atom is 0.310 e. The van der Waals surface area contributed by atoms with E-state index >= 15 is 0 Å². The van der Waals surface area contributed by atoms with Crippen LogP contribution in [0.15, 0.2) is 60.7 Å². The van der Waals surface area contributed by atoms with Crippen molar-refractivity contribution in [2.45, 2.75) is 51.6 Å². The van der Waals surface area contributed by atoms with Gasteiger partial charge in [0.2, 0.25) is 5.91 Å². The first-order chi connectivity index (χ1) is 15.1. The van der Waals surface area contributed by atoms with E-state index in [4.69, 9.17) is 4.74 Å². The summed E-state index contributed by atoms with van der Waals surface area (Å²) in [7, 11) is 0. The summed E-state index contributed by atoms with van der Waals surface area (Å²) in [6.07, 6.45) is 5.43. The first-order valence-electron chi connectivity index (χ1n) is 11.7. The van der Waals surface area contributed by atoms with Crippen LogP contribution in [0.1, 0.15) is 56.3 Å². The van der Waals surface area contributed by atoms with Gasteiger partial charge in [0.1, 0.15) is 6.10 Å². The predicted molar refractivity (Wildman–Crippen MR) is 121 cm³/mol. The first-order valence-corrected chi connectivity index (χ1v) is 11.7. The molecule has 4 nitrogen and oxygen atoms in total. The number of rotatable bonds is 7. The van der Waals surface area contributed by atoms with Crippen molar-refractivity contribution in [1.29, 1.82) is 0 Å². The van der Waals surface area contributed by atoms with E-state index in [0.717, 1.165) is 24.2 Å². The Kier molecular flexibility index (Phi) is 7.06. The minimum Gasteiger partial charge on any atom is -0.458 e.